The molecule has 1 fully saturated rings. The molecule has 0 aromatic heterocycles. The van der Waals surface area contributed by atoms with Gasteiger partial charge in [0.25, 0.3) is 0 Å². The Balaban J connectivity index is 2.09. The van der Waals surface area contributed by atoms with Gasteiger partial charge in [-0.15, -0.1) is 0 Å². The summed E-state index contributed by atoms with van der Waals surface area (Å²) in [7, 11) is -3.05. The highest BCUT2D eigenvalue weighted by Gasteiger charge is 2.36. The lowest BCUT2D eigenvalue weighted by molar-refractivity contribution is 0.0885. The van der Waals surface area contributed by atoms with Gasteiger partial charge in [-0.05, 0) is 19.9 Å². The molecule has 6 heteroatoms. The molecule has 0 bridgehead atoms. The highest BCUT2D eigenvalue weighted by molar-refractivity contribution is 7.92. The van der Waals surface area contributed by atoms with Crippen LogP contribution in [0.4, 0.5) is 4.39 Å². The summed E-state index contributed by atoms with van der Waals surface area (Å²) in [6, 6.07) is 5.92. The van der Waals surface area contributed by atoms with Crippen molar-refractivity contribution in [3.63, 3.8) is 0 Å². The van der Waals surface area contributed by atoms with Crippen molar-refractivity contribution >= 4 is 9.84 Å². The van der Waals surface area contributed by atoms with Crippen LogP contribution in [0.15, 0.2) is 24.3 Å². The fraction of sp³-hybridized carbons (Fsp3) is 0.571. The Bertz CT molecular complexity index is 576. The van der Waals surface area contributed by atoms with Gasteiger partial charge in [-0.2, -0.15) is 0 Å². The topological polar surface area (TPSA) is 57.6 Å². The second kappa shape index (κ2) is 5.79. The van der Waals surface area contributed by atoms with Crippen molar-refractivity contribution in [2.45, 2.75) is 31.2 Å². The van der Waals surface area contributed by atoms with E-state index in [1.807, 2.05) is 11.8 Å². The number of halogens is 1. The fourth-order valence-corrected chi connectivity index (χ4v) is 4.19. The number of hydrogen-bond acceptors (Lipinski definition) is 4. The summed E-state index contributed by atoms with van der Waals surface area (Å²) < 4.78 is 37.2. The van der Waals surface area contributed by atoms with Crippen molar-refractivity contribution in [1.82, 2.24) is 4.90 Å². The largest absolute Gasteiger partial charge is 0.387 e. The molecule has 0 saturated carbocycles. The molecule has 0 spiro atoms. The Morgan fingerprint density at radius 1 is 1.40 bits per heavy atom. The summed E-state index contributed by atoms with van der Waals surface area (Å²) >= 11 is 0. The van der Waals surface area contributed by atoms with Gasteiger partial charge >= 0.3 is 0 Å². The third kappa shape index (κ3) is 3.02. The lowest BCUT2D eigenvalue weighted by Crippen LogP contribution is -2.53. The van der Waals surface area contributed by atoms with E-state index in [1.165, 1.54) is 6.07 Å². The quantitative estimate of drug-likeness (QED) is 0.916. The van der Waals surface area contributed by atoms with Gasteiger partial charge in [0.05, 0.1) is 17.1 Å². The Labute approximate surface area is 119 Å². The van der Waals surface area contributed by atoms with E-state index in [2.05, 4.69) is 0 Å². The molecule has 4 nitrogen and oxygen atoms in total. The molecule has 1 aromatic rings. The Morgan fingerprint density at radius 3 is 2.70 bits per heavy atom. The maximum absolute atomic E-state index is 13.6. The molecule has 112 valence electrons. The second-order valence-corrected chi connectivity index (χ2v) is 7.82. The van der Waals surface area contributed by atoms with Crippen molar-refractivity contribution in [2.24, 2.45) is 0 Å². The minimum Gasteiger partial charge on any atom is -0.387 e. The van der Waals surface area contributed by atoms with E-state index in [0.717, 1.165) is 0 Å². The third-order valence-electron chi connectivity index (χ3n) is 4.16. The van der Waals surface area contributed by atoms with Crippen LogP contribution in [0.3, 0.4) is 0 Å². The lowest BCUT2D eigenvalue weighted by Gasteiger charge is -2.38. The van der Waals surface area contributed by atoms with Crippen molar-refractivity contribution in [2.75, 3.05) is 18.8 Å². The first-order valence-electron chi connectivity index (χ1n) is 6.71. The predicted octanol–water partition coefficient (Wildman–Crippen LogP) is 1.37. The van der Waals surface area contributed by atoms with E-state index in [0.29, 0.717) is 6.54 Å². The first kappa shape index (κ1) is 15.4. The van der Waals surface area contributed by atoms with Crippen LogP contribution in [0.2, 0.25) is 0 Å². The number of nitrogens with zero attached hydrogens (tertiary/aromatic N) is 1. The number of benzene rings is 1. The number of β-amino-alcohol motifs (C(OH)–C–C–N with tert-alkyl or cyclic N) is 1. The molecule has 3 unspecified atom stereocenters. The smallest absolute Gasteiger partial charge is 0.155 e. The lowest BCUT2D eigenvalue weighted by atomic mass is 10.1. The molecule has 1 aliphatic rings. The Kier molecular flexibility index (Phi) is 4.46. The van der Waals surface area contributed by atoms with Crippen molar-refractivity contribution in [3.05, 3.63) is 35.6 Å². The van der Waals surface area contributed by atoms with E-state index in [-0.39, 0.29) is 23.9 Å². The Hall–Kier alpha value is -0.980. The van der Waals surface area contributed by atoms with Gasteiger partial charge in [0.15, 0.2) is 9.84 Å². The van der Waals surface area contributed by atoms with Crippen LogP contribution in [-0.4, -0.2) is 48.6 Å². The molecule has 3 atom stereocenters. The number of rotatable bonds is 3. The van der Waals surface area contributed by atoms with Gasteiger partial charge in [-0.1, -0.05) is 18.2 Å². The average Bonchev–Trinajstić information content (AvgIpc) is 2.40. The van der Waals surface area contributed by atoms with Crippen molar-refractivity contribution in [1.29, 1.82) is 0 Å². The molecule has 1 aromatic carbocycles. The van der Waals surface area contributed by atoms with E-state index in [9.17, 15) is 17.9 Å². The summed E-state index contributed by atoms with van der Waals surface area (Å²) in [5.74, 6) is -0.354. The fourth-order valence-electron chi connectivity index (χ4n) is 2.55. The van der Waals surface area contributed by atoms with Crippen molar-refractivity contribution in [3.8, 4) is 0 Å². The van der Waals surface area contributed by atoms with E-state index >= 15 is 0 Å². The number of aliphatic hydroxyl groups is 1. The molecule has 1 aliphatic heterocycles. The molecule has 1 heterocycles. The zero-order valence-electron chi connectivity index (χ0n) is 11.7. The predicted molar refractivity (Wildman–Crippen MR) is 75.6 cm³/mol. The van der Waals surface area contributed by atoms with Gasteiger partial charge in [0, 0.05) is 24.7 Å². The molecule has 0 radical (unpaired) electrons. The summed E-state index contributed by atoms with van der Waals surface area (Å²) in [5.41, 5.74) is 0.251. The highest BCUT2D eigenvalue weighted by atomic mass is 32.2. The van der Waals surface area contributed by atoms with Crippen LogP contribution in [0.1, 0.15) is 25.5 Å². The summed E-state index contributed by atoms with van der Waals surface area (Å²) in [4.78, 5) is 1.91. The number of sulfone groups is 1. The SMILES string of the molecule is CC1C(C)S(=O)(=O)CCN1CC(O)c1ccccc1F. The molecule has 20 heavy (non-hydrogen) atoms. The van der Waals surface area contributed by atoms with E-state index < -0.39 is 27.0 Å². The normalized spacial score (nSPS) is 28.2. The van der Waals surface area contributed by atoms with E-state index in [4.69, 9.17) is 0 Å². The van der Waals surface area contributed by atoms with Crippen LogP contribution < -0.4 is 0 Å². The summed E-state index contributed by atoms with van der Waals surface area (Å²) in [6.07, 6.45) is -0.952. The molecule has 1 N–H and O–H groups in total. The van der Waals surface area contributed by atoms with Crippen LogP contribution in [-0.2, 0) is 9.84 Å². The van der Waals surface area contributed by atoms with Crippen LogP contribution in [0.25, 0.3) is 0 Å². The first-order valence-corrected chi connectivity index (χ1v) is 8.42. The van der Waals surface area contributed by atoms with Gasteiger partial charge < -0.3 is 5.11 Å². The molecular formula is C14H20FNO3S. The second-order valence-electron chi connectivity index (χ2n) is 5.34. The molecule has 2 rings (SSSR count). The number of aliphatic hydroxyl groups excluding tert-OH is 1. The van der Waals surface area contributed by atoms with Crippen LogP contribution in [0, 0.1) is 5.82 Å². The maximum atomic E-state index is 13.6. The van der Waals surface area contributed by atoms with Crippen LogP contribution in [0.5, 0.6) is 0 Å². The monoisotopic (exact) mass is 301 g/mol. The van der Waals surface area contributed by atoms with Crippen molar-refractivity contribution < 1.29 is 17.9 Å². The molecule has 1 saturated heterocycles. The average molecular weight is 301 g/mol. The zero-order valence-corrected chi connectivity index (χ0v) is 12.5. The minimum atomic E-state index is -3.05. The first-order chi connectivity index (χ1) is 9.33. The summed E-state index contributed by atoms with van der Waals surface area (Å²) in [6.45, 7) is 4.12. The van der Waals surface area contributed by atoms with Gasteiger partial charge in [-0.3, -0.25) is 4.90 Å². The van der Waals surface area contributed by atoms with Crippen LogP contribution >= 0.6 is 0 Å². The Morgan fingerprint density at radius 2 is 2.05 bits per heavy atom. The standard InChI is InChI=1S/C14H20FNO3S/c1-10-11(2)20(18,19)8-7-16(10)9-14(17)12-5-3-4-6-13(12)15/h3-6,10-11,14,17H,7-9H2,1-2H3. The minimum absolute atomic E-state index is 0.0858. The van der Waals surface area contributed by atoms with Gasteiger partial charge in [0.1, 0.15) is 5.82 Å². The number of hydrogen-bond donors (Lipinski definition) is 1. The molecular weight excluding hydrogens is 281 g/mol. The molecule has 0 aliphatic carbocycles. The van der Waals surface area contributed by atoms with Gasteiger partial charge in [-0.25, -0.2) is 12.8 Å². The molecule has 0 amide bonds. The maximum Gasteiger partial charge on any atom is 0.155 e. The summed E-state index contributed by atoms with van der Waals surface area (Å²) in [5, 5.41) is 9.69. The van der Waals surface area contributed by atoms with Gasteiger partial charge in [0.2, 0.25) is 0 Å². The zero-order chi connectivity index (χ0) is 14.9. The van der Waals surface area contributed by atoms with E-state index in [1.54, 1.807) is 25.1 Å². The highest BCUT2D eigenvalue weighted by Crippen LogP contribution is 2.23. The third-order valence-corrected chi connectivity index (χ3v) is 6.43.